The van der Waals surface area contributed by atoms with Crippen LogP contribution in [0.5, 0.6) is 0 Å². The average molecular weight is 345 g/mol. The fourth-order valence-electron chi connectivity index (χ4n) is 8.46. The van der Waals surface area contributed by atoms with Gasteiger partial charge in [0.15, 0.2) is 0 Å². The fourth-order valence-corrected chi connectivity index (χ4v) is 8.46. The van der Waals surface area contributed by atoms with Crippen LogP contribution in [0.25, 0.3) is 0 Å². The Labute approximate surface area is 153 Å². The molecule has 2 heteroatoms. The third-order valence-corrected chi connectivity index (χ3v) is 9.38. The van der Waals surface area contributed by atoms with Gasteiger partial charge in [-0.3, -0.25) is 0 Å². The fraction of sp³-hybridized carbons (Fsp3) is 0.913. The highest BCUT2D eigenvalue weighted by molar-refractivity contribution is 5.26. The zero-order valence-corrected chi connectivity index (χ0v) is 16.4. The van der Waals surface area contributed by atoms with Gasteiger partial charge in [0.25, 0.3) is 0 Å². The Balaban J connectivity index is 1.72. The Kier molecular flexibility index (Phi) is 4.10. The van der Waals surface area contributed by atoms with E-state index in [4.69, 9.17) is 6.42 Å². The Morgan fingerprint density at radius 1 is 1.00 bits per heavy atom. The molecule has 4 aliphatic rings. The van der Waals surface area contributed by atoms with Crippen molar-refractivity contribution in [2.24, 2.45) is 52.8 Å². The lowest BCUT2D eigenvalue weighted by Gasteiger charge is -2.61. The molecular weight excluding hydrogens is 308 g/mol. The molecule has 0 heterocycles. The van der Waals surface area contributed by atoms with E-state index in [1.165, 1.54) is 12.8 Å². The van der Waals surface area contributed by atoms with Gasteiger partial charge in [-0.1, -0.05) is 33.6 Å². The van der Waals surface area contributed by atoms with Gasteiger partial charge in [-0.25, -0.2) is 0 Å². The van der Waals surface area contributed by atoms with E-state index in [9.17, 15) is 10.2 Å². The van der Waals surface area contributed by atoms with Crippen LogP contribution in [0.15, 0.2) is 0 Å². The average Bonchev–Trinajstić information content (AvgIpc) is 2.75. The summed E-state index contributed by atoms with van der Waals surface area (Å²) in [7, 11) is 0. The first-order chi connectivity index (χ1) is 11.7. The predicted molar refractivity (Wildman–Crippen MR) is 101 cm³/mol. The summed E-state index contributed by atoms with van der Waals surface area (Å²) in [5, 5.41) is 21.6. The normalized spacial score (nSPS) is 60.9. The number of aliphatic hydroxyl groups is 2. The molecule has 0 radical (unpaired) electrons. The third kappa shape index (κ3) is 2.24. The van der Waals surface area contributed by atoms with E-state index < -0.39 is 5.60 Å². The van der Waals surface area contributed by atoms with E-state index >= 15 is 0 Å². The molecule has 4 rings (SSSR count). The first kappa shape index (κ1) is 17.9. The molecule has 0 aliphatic heterocycles. The number of rotatable bonds is 0. The molecule has 0 aromatic rings. The summed E-state index contributed by atoms with van der Waals surface area (Å²) < 4.78 is 0. The third-order valence-electron chi connectivity index (χ3n) is 9.38. The van der Waals surface area contributed by atoms with Crippen LogP contribution in [0.4, 0.5) is 0 Å². The Bertz CT molecular complexity index is 579. The van der Waals surface area contributed by atoms with Crippen molar-refractivity contribution in [1.82, 2.24) is 0 Å². The molecule has 2 nitrogen and oxygen atoms in total. The summed E-state index contributed by atoms with van der Waals surface area (Å²) in [5.74, 6) is 7.80. The van der Waals surface area contributed by atoms with Crippen LogP contribution in [0.2, 0.25) is 0 Å². The van der Waals surface area contributed by atoms with E-state index in [-0.39, 0.29) is 17.4 Å². The van der Waals surface area contributed by atoms with Crippen molar-refractivity contribution in [2.45, 2.75) is 77.9 Å². The zero-order chi connectivity index (χ0) is 18.1. The van der Waals surface area contributed by atoms with Crippen molar-refractivity contribution in [1.29, 1.82) is 0 Å². The van der Waals surface area contributed by atoms with Crippen LogP contribution in [0, 0.1) is 65.1 Å². The van der Waals surface area contributed by atoms with Crippen molar-refractivity contribution < 1.29 is 10.2 Å². The molecule has 0 bridgehead atoms. The highest BCUT2D eigenvalue weighted by Gasteiger charge is 2.67. The van der Waals surface area contributed by atoms with Crippen molar-refractivity contribution in [3.8, 4) is 12.3 Å². The van der Waals surface area contributed by atoms with Gasteiger partial charge in [-0.15, -0.1) is 6.42 Å². The molecule has 11 atom stereocenters. The van der Waals surface area contributed by atoms with Crippen LogP contribution in [-0.2, 0) is 0 Å². The van der Waals surface area contributed by atoms with Crippen molar-refractivity contribution in [3.63, 3.8) is 0 Å². The maximum Gasteiger partial charge on any atom is 0.133 e. The lowest BCUT2D eigenvalue weighted by atomic mass is 9.44. The van der Waals surface area contributed by atoms with Crippen molar-refractivity contribution >= 4 is 0 Å². The van der Waals surface area contributed by atoms with Gasteiger partial charge in [0, 0.05) is 5.41 Å². The van der Waals surface area contributed by atoms with Gasteiger partial charge in [0.1, 0.15) is 5.60 Å². The number of aliphatic hydroxyl groups excluding tert-OH is 1. The molecule has 0 amide bonds. The maximum absolute atomic E-state index is 11.4. The summed E-state index contributed by atoms with van der Waals surface area (Å²) in [6.45, 7) is 9.30. The van der Waals surface area contributed by atoms with Gasteiger partial charge in [0.2, 0.25) is 0 Å². The van der Waals surface area contributed by atoms with E-state index in [1.807, 2.05) is 0 Å². The zero-order valence-electron chi connectivity index (χ0n) is 16.4. The minimum atomic E-state index is -0.948. The molecule has 0 aromatic carbocycles. The van der Waals surface area contributed by atoms with E-state index in [0.29, 0.717) is 29.6 Å². The van der Waals surface area contributed by atoms with Crippen LogP contribution < -0.4 is 0 Å². The van der Waals surface area contributed by atoms with Gasteiger partial charge < -0.3 is 10.2 Å². The second-order valence-electron chi connectivity index (χ2n) is 10.5. The standard InChI is InChI=1S/C23H36O2/c1-6-23(25)15(4)10-19-21-13(2)9-16-11-17(24)7-8-18(16)20(21)14(3)12-22(19,23)5/h1,13-21,24-25H,7-12H2,2-5H3/t13?,14-,15+,16?,17?,18?,19?,20?,21?,22-,23-/m0/s1. The summed E-state index contributed by atoms with van der Waals surface area (Å²) >= 11 is 0. The summed E-state index contributed by atoms with van der Waals surface area (Å²) in [4.78, 5) is 0. The predicted octanol–water partition coefficient (Wildman–Crippen LogP) is 4.10. The molecule has 0 saturated heterocycles. The van der Waals surface area contributed by atoms with E-state index in [1.54, 1.807) is 0 Å². The summed E-state index contributed by atoms with van der Waals surface area (Å²) in [6, 6.07) is 0. The van der Waals surface area contributed by atoms with Crippen LogP contribution in [0.3, 0.4) is 0 Å². The maximum atomic E-state index is 11.4. The molecule has 0 aromatic heterocycles. The molecular formula is C23H36O2. The molecule has 4 fully saturated rings. The van der Waals surface area contributed by atoms with Crippen molar-refractivity contribution in [3.05, 3.63) is 0 Å². The van der Waals surface area contributed by atoms with Gasteiger partial charge in [-0.05, 0) is 85.9 Å². The SMILES string of the molecule is C#C[C@]1(O)[C@H](C)CC2C3C(C)CC4CC(O)CCC4C3[C@@H](C)C[C@@]21C. The smallest absolute Gasteiger partial charge is 0.133 e. The summed E-state index contributed by atoms with van der Waals surface area (Å²) in [5.41, 5.74) is -1.09. The molecule has 4 aliphatic carbocycles. The first-order valence-electron chi connectivity index (χ1n) is 10.6. The topological polar surface area (TPSA) is 40.5 Å². The molecule has 7 unspecified atom stereocenters. The Hall–Kier alpha value is -0.520. The van der Waals surface area contributed by atoms with Crippen LogP contribution in [-0.4, -0.2) is 21.9 Å². The second kappa shape index (κ2) is 5.74. The molecule has 2 N–H and O–H groups in total. The minimum absolute atomic E-state index is 0.0767. The van der Waals surface area contributed by atoms with E-state index in [0.717, 1.165) is 37.5 Å². The largest absolute Gasteiger partial charge is 0.393 e. The molecule has 25 heavy (non-hydrogen) atoms. The Morgan fingerprint density at radius 3 is 2.40 bits per heavy atom. The van der Waals surface area contributed by atoms with Crippen LogP contribution in [0.1, 0.15) is 66.2 Å². The lowest BCUT2D eigenvalue weighted by molar-refractivity contribution is -0.153. The van der Waals surface area contributed by atoms with Gasteiger partial charge in [0.05, 0.1) is 6.10 Å². The summed E-state index contributed by atoms with van der Waals surface area (Å²) in [6.07, 6.45) is 12.4. The van der Waals surface area contributed by atoms with Gasteiger partial charge >= 0.3 is 0 Å². The Morgan fingerprint density at radius 2 is 1.72 bits per heavy atom. The number of hydrogen-bond acceptors (Lipinski definition) is 2. The van der Waals surface area contributed by atoms with Gasteiger partial charge in [-0.2, -0.15) is 0 Å². The number of terminal acetylenes is 1. The molecule has 140 valence electrons. The minimum Gasteiger partial charge on any atom is -0.393 e. The quantitative estimate of drug-likeness (QED) is 0.650. The second-order valence-corrected chi connectivity index (χ2v) is 10.5. The van der Waals surface area contributed by atoms with E-state index in [2.05, 4.69) is 33.6 Å². The highest BCUT2D eigenvalue weighted by atomic mass is 16.3. The number of fused-ring (bicyclic) bond motifs is 5. The molecule has 0 spiro atoms. The highest BCUT2D eigenvalue weighted by Crippen LogP contribution is 2.68. The monoisotopic (exact) mass is 344 g/mol. The number of hydrogen-bond donors (Lipinski definition) is 2. The molecule has 4 saturated carbocycles. The van der Waals surface area contributed by atoms with Crippen molar-refractivity contribution in [2.75, 3.05) is 0 Å². The van der Waals surface area contributed by atoms with Crippen LogP contribution >= 0.6 is 0 Å². The lowest BCUT2D eigenvalue weighted by Crippen LogP contribution is -2.58. The first-order valence-corrected chi connectivity index (χ1v) is 10.6.